The second-order valence-electron chi connectivity index (χ2n) is 5.52. The van der Waals surface area contributed by atoms with Gasteiger partial charge in [-0.2, -0.15) is 0 Å². The van der Waals surface area contributed by atoms with Crippen LogP contribution in [0.15, 0.2) is 24.3 Å². The lowest BCUT2D eigenvalue weighted by molar-refractivity contribution is -0.145. The third-order valence-corrected chi connectivity index (χ3v) is 4.51. The van der Waals surface area contributed by atoms with E-state index in [1.807, 2.05) is 0 Å². The SMILES string of the molecule is COc1cc(NC(=O)[C@H]2[C@@H](C(=O)O)[C@@H]3C=C[C@@H]2O3)c(OC)cc1Cl. The summed E-state index contributed by atoms with van der Waals surface area (Å²) >= 11 is 6.04. The molecule has 0 spiro atoms. The number of rotatable bonds is 5. The summed E-state index contributed by atoms with van der Waals surface area (Å²) in [6.07, 6.45) is 2.27. The van der Waals surface area contributed by atoms with E-state index in [2.05, 4.69) is 5.32 Å². The molecule has 0 saturated carbocycles. The summed E-state index contributed by atoms with van der Waals surface area (Å²) in [4.78, 5) is 24.1. The molecule has 2 bridgehead atoms. The van der Waals surface area contributed by atoms with Crippen molar-refractivity contribution in [3.05, 3.63) is 29.3 Å². The fraction of sp³-hybridized carbons (Fsp3) is 0.375. The first-order valence-electron chi connectivity index (χ1n) is 7.25. The molecule has 0 radical (unpaired) electrons. The van der Waals surface area contributed by atoms with E-state index in [9.17, 15) is 14.7 Å². The number of anilines is 1. The molecule has 1 fully saturated rings. The average Bonchev–Trinajstić information content (AvgIpc) is 3.16. The van der Waals surface area contributed by atoms with E-state index in [4.69, 9.17) is 25.8 Å². The van der Waals surface area contributed by atoms with Gasteiger partial charge in [-0.05, 0) is 0 Å². The van der Waals surface area contributed by atoms with Crippen LogP contribution in [0.4, 0.5) is 5.69 Å². The van der Waals surface area contributed by atoms with E-state index in [0.29, 0.717) is 22.2 Å². The van der Waals surface area contributed by atoms with Crippen LogP contribution in [0.1, 0.15) is 0 Å². The highest BCUT2D eigenvalue weighted by atomic mass is 35.5. The number of ether oxygens (including phenoxy) is 3. The van der Waals surface area contributed by atoms with Crippen molar-refractivity contribution in [2.24, 2.45) is 11.8 Å². The molecule has 1 aromatic carbocycles. The predicted molar refractivity (Wildman–Crippen MR) is 85.6 cm³/mol. The van der Waals surface area contributed by atoms with E-state index >= 15 is 0 Å². The average molecular weight is 354 g/mol. The number of fused-ring (bicyclic) bond motifs is 2. The fourth-order valence-electron chi connectivity index (χ4n) is 3.09. The Morgan fingerprint density at radius 2 is 1.75 bits per heavy atom. The Kier molecular flexibility index (Phi) is 4.38. The number of nitrogens with one attached hydrogen (secondary N) is 1. The van der Waals surface area contributed by atoms with E-state index in [0.717, 1.165) is 0 Å². The van der Waals surface area contributed by atoms with Crippen LogP contribution < -0.4 is 14.8 Å². The zero-order valence-electron chi connectivity index (χ0n) is 13.0. The minimum Gasteiger partial charge on any atom is -0.495 e. The standard InChI is InChI=1S/C16H16ClNO6/c1-22-11-6-8(12(23-2)5-7(11)17)18-15(19)13-9-3-4-10(24-9)14(13)16(20)21/h3-6,9-10,13-14H,1-2H3,(H,18,19)(H,20,21)/t9-,10-,13+,14-/m0/s1. The number of carbonyl (C=O) groups excluding carboxylic acids is 1. The van der Waals surface area contributed by atoms with Gasteiger partial charge >= 0.3 is 5.97 Å². The topological polar surface area (TPSA) is 94.1 Å². The summed E-state index contributed by atoms with van der Waals surface area (Å²) in [5.74, 6) is -2.54. The summed E-state index contributed by atoms with van der Waals surface area (Å²) in [6, 6.07) is 3.04. The molecule has 8 heteroatoms. The molecular weight excluding hydrogens is 338 g/mol. The summed E-state index contributed by atoms with van der Waals surface area (Å²) in [7, 11) is 2.89. The zero-order chi connectivity index (χ0) is 17.4. The molecule has 0 aliphatic carbocycles. The minimum atomic E-state index is -1.06. The first-order valence-corrected chi connectivity index (χ1v) is 7.63. The van der Waals surface area contributed by atoms with E-state index in [1.54, 1.807) is 12.2 Å². The molecule has 1 saturated heterocycles. The molecule has 7 nitrogen and oxygen atoms in total. The van der Waals surface area contributed by atoms with E-state index < -0.39 is 35.9 Å². The number of carbonyl (C=O) groups is 2. The minimum absolute atomic E-state index is 0.335. The van der Waals surface area contributed by atoms with Gasteiger partial charge in [-0.3, -0.25) is 9.59 Å². The van der Waals surface area contributed by atoms with Crippen molar-refractivity contribution in [2.75, 3.05) is 19.5 Å². The summed E-state index contributed by atoms with van der Waals surface area (Å²) in [6.45, 7) is 0. The number of carboxylic acids is 1. The normalized spacial score (nSPS) is 27.1. The molecular formula is C16H16ClNO6. The van der Waals surface area contributed by atoms with Gasteiger partial charge in [0.15, 0.2) is 0 Å². The smallest absolute Gasteiger partial charge is 0.310 e. The molecule has 0 unspecified atom stereocenters. The lowest BCUT2D eigenvalue weighted by Crippen LogP contribution is -2.39. The first-order chi connectivity index (χ1) is 11.5. The maximum atomic E-state index is 12.7. The largest absolute Gasteiger partial charge is 0.495 e. The van der Waals surface area contributed by atoms with Gasteiger partial charge in [0.2, 0.25) is 5.91 Å². The molecule has 2 heterocycles. The number of aliphatic carboxylic acids is 1. The lowest BCUT2D eigenvalue weighted by atomic mass is 9.82. The predicted octanol–water partition coefficient (Wildman–Crippen LogP) is 1.95. The Labute approximate surface area is 143 Å². The molecule has 2 N–H and O–H groups in total. The van der Waals surface area contributed by atoms with Crippen LogP contribution in [0.25, 0.3) is 0 Å². The second-order valence-corrected chi connectivity index (χ2v) is 5.92. The molecule has 24 heavy (non-hydrogen) atoms. The molecule has 1 amide bonds. The number of methoxy groups -OCH3 is 2. The Morgan fingerprint density at radius 3 is 2.33 bits per heavy atom. The van der Waals surface area contributed by atoms with Gasteiger partial charge in [0.25, 0.3) is 0 Å². The van der Waals surface area contributed by atoms with Gasteiger partial charge in [0.05, 0.1) is 43.1 Å². The lowest BCUT2D eigenvalue weighted by Gasteiger charge is -2.22. The summed E-state index contributed by atoms with van der Waals surface area (Å²) in [5.41, 5.74) is 0.347. The van der Waals surface area contributed by atoms with Crippen molar-refractivity contribution < 1.29 is 28.9 Å². The number of amides is 1. The number of carboxylic acid groups (broad SMARTS) is 1. The van der Waals surface area contributed by atoms with Crippen LogP contribution in [0.3, 0.4) is 0 Å². The maximum Gasteiger partial charge on any atom is 0.310 e. The third-order valence-electron chi connectivity index (χ3n) is 4.22. The van der Waals surface area contributed by atoms with Crippen molar-refractivity contribution >= 4 is 29.2 Å². The number of benzene rings is 1. The van der Waals surface area contributed by atoms with Crippen molar-refractivity contribution in [1.82, 2.24) is 0 Å². The monoisotopic (exact) mass is 353 g/mol. The number of hydrogen-bond donors (Lipinski definition) is 2. The van der Waals surface area contributed by atoms with Gasteiger partial charge in [0.1, 0.15) is 17.4 Å². The highest BCUT2D eigenvalue weighted by Gasteiger charge is 2.53. The quantitative estimate of drug-likeness (QED) is 0.786. The molecule has 0 aromatic heterocycles. The van der Waals surface area contributed by atoms with Gasteiger partial charge in [-0.25, -0.2) is 0 Å². The summed E-state index contributed by atoms with van der Waals surface area (Å²) in [5, 5.41) is 12.4. The van der Waals surface area contributed by atoms with Crippen molar-refractivity contribution in [1.29, 1.82) is 0 Å². The van der Waals surface area contributed by atoms with Crippen LogP contribution in [0, 0.1) is 11.8 Å². The van der Waals surface area contributed by atoms with Crippen LogP contribution in [0.5, 0.6) is 11.5 Å². The Morgan fingerprint density at radius 1 is 1.12 bits per heavy atom. The molecule has 128 valence electrons. The molecule has 4 atom stereocenters. The number of halogens is 1. The second kappa shape index (κ2) is 6.33. The van der Waals surface area contributed by atoms with E-state index in [-0.39, 0.29) is 0 Å². The van der Waals surface area contributed by atoms with Crippen LogP contribution in [0.2, 0.25) is 5.02 Å². The van der Waals surface area contributed by atoms with Gasteiger partial charge in [-0.1, -0.05) is 23.8 Å². The highest BCUT2D eigenvalue weighted by molar-refractivity contribution is 6.32. The van der Waals surface area contributed by atoms with Crippen molar-refractivity contribution in [3.63, 3.8) is 0 Å². The molecule has 1 aromatic rings. The molecule has 2 aliphatic rings. The van der Waals surface area contributed by atoms with Crippen LogP contribution in [-0.2, 0) is 14.3 Å². The van der Waals surface area contributed by atoms with E-state index in [1.165, 1.54) is 26.4 Å². The molecule has 3 rings (SSSR count). The van der Waals surface area contributed by atoms with Gasteiger partial charge in [0, 0.05) is 12.1 Å². The first kappa shape index (κ1) is 16.6. The zero-order valence-corrected chi connectivity index (χ0v) is 13.7. The Balaban J connectivity index is 1.87. The fourth-order valence-corrected chi connectivity index (χ4v) is 3.32. The maximum absolute atomic E-state index is 12.7. The van der Waals surface area contributed by atoms with Crippen LogP contribution >= 0.6 is 11.6 Å². The van der Waals surface area contributed by atoms with Crippen LogP contribution in [-0.4, -0.2) is 43.4 Å². The van der Waals surface area contributed by atoms with Gasteiger partial charge < -0.3 is 24.6 Å². The Bertz CT molecular complexity index is 719. The van der Waals surface area contributed by atoms with Gasteiger partial charge in [-0.15, -0.1) is 0 Å². The Hall–Kier alpha value is -2.25. The number of hydrogen-bond acceptors (Lipinski definition) is 5. The van der Waals surface area contributed by atoms with Crippen molar-refractivity contribution in [3.8, 4) is 11.5 Å². The molecule has 2 aliphatic heterocycles. The van der Waals surface area contributed by atoms with Crippen molar-refractivity contribution in [2.45, 2.75) is 12.2 Å². The summed E-state index contributed by atoms with van der Waals surface area (Å²) < 4.78 is 15.8. The third kappa shape index (κ3) is 2.70. The highest BCUT2D eigenvalue weighted by Crippen LogP contribution is 2.41.